The van der Waals surface area contributed by atoms with Gasteiger partial charge >= 0.3 is 0 Å². The standard InChI is InChI=1S/C17H24N2O2/c1-11-7-4-5-8-13(11)16-18-12(2)17(20)19(16)14-9-6-10-15(14)21-3/h4-5,7-8,12,14-16,18H,6,9-10H2,1-3H3. The van der Waals surface area contributed by atoms with Gasteiger partial charge < -0.3 is 9.64 Å². The molecule has 1 aromatic rings. The minimum Gasteiger partial charge on any atom is -0.379 e. The Bertz CT molecular complexity index is 531. The fraction of sp³-hybridized carbons (Fsp3) is 0.588. The summed E-state index contributed by atoms with van der Waals surface area (Å²) < 4.78 is 5.61. The van der Waals surface area contributed by atoms with Crippen molar-refractivity contribution in [3.05, 3.63) is 35.4 Å². The third-order valence-electron chi connectivity index (χ3n) is 4.87. The quantitative estimate of drug-likeness (QED) is 0.928. The highest BCUT2D eigenvalue weighted by Gasteiger charge is 2.45. The molecule has 1 aliphatic carbocycles. The lowest BCUT2D eigenvalue weighted by molar-refractivity contribution is -0.134. The van der Waals surface area contributed by atoms with Gasteiger partial charge in [-0.1, -0.05) is 24.3 Å². The molecule has 0 spiro atoms. The molecule has 0 aromatic heterocycles. The SMILES string of the molecule is COC1CCCC1N1C(=O)C(C)NC1c1ccccc1C. The topological polar surface area (TPSA) is 41.6 Å². The van der Waals surface area contributed by atoms with Crippen LogP contribution in [-0.2, 0) is 9.53 Å². The second kappa shape index (κ2) is 5.78. The van der Waals surface area contributed by atoms with Crippen molar-refractivity contribution < 1.29 is 9.53 Å². The highest BCUT2D eigenvalue weighted by Crippen LogP contribution is 2.36. The number of ether oxygens (including phenoxy) is 1. The fourth-order valence-electron chi connectivity index (χ4n) is 3.73. The number of amides is 1. The summed E-state index contributed by atoms with van der Waals surface area (Å²) in [6, 6.07) is 8.35. The summed E-state index contributed by atoms with van der Waals surface area (Å²) in [5, 5.41) is 3.45. The molecule has 1 aromatic carbocycles. The molecule has 1 heterocycles. The second-order valence-electron chi connectivity index (χ2n) is 6.17. The lowest BCUT2D eigenvalue weighted by Gasteiger charge is -2.34. The molecule has 1 N–H and O–H groups in total. The van der Waals surface area contributed by atoms with Crippen LogP contribution in [0.4, 0.5) is 0 Å². The molecule has 3 rings (SSSR count). The molecule has 0 radical (unpaired) electrons. The van der Waals surface area contributed by atoms with Crippen molar-refractivity contribution in [1.29, 1.82) is 0 Å². The third-order valence-corrected chi connectivity index (χ3v) is 4.87. The molecule has 1 saturated heterocycles. The van der Waals surface area contributed by atoms with E-state index in [9.17, 15) is 4.79 Å². The number of nitrogens with one attached hydrogen (secondary N) is 1. The van der Waals surface area contributed by atoms with E-state index in [1.165, 1.54) is 11.1 Å². The van der Waals surface area contributed by atoms with Crippen LogP contribution in [0.2, 0.25) is 0 Å². The van der Waals surface area contributed by atoms with Gasteiger partial charge in [0, 0.05) is 7.11 Å². The summed E-state index contributed by atoms with van der Waals surface area (Å²) in [6.45, 7) is 4.05. The minimum absolute atomic E-state index is 0.0329. The summed E-state index contributed by atoms with van der Waals surface area (Å²) in [6.07, 6.45) is 3.32. The highest BCUT2D eigenvalue weighted by atomic mass is 16.5. The van der Waals surface area contributed by atoms with Crippen LogP contribution in [-0.4, -0.2) is 36.1 Å². The van der Waals surface area contributed by atoms with Crippen molar-refractivity contribution in [3.63, 3.8) is 0 Å². The molecular weight excluding hydrogens is 264 g/mol. The molecule has 4 atom stereocenters. The zero-order valence-electron chi connectivity index (χ0n) is 13.0. The molecule has 1 aliphatic heterocycles. The summed E-state index contributed by atoms with van der Waals surface area (Å²) in [4.78, 5) is 14.7. The van der Waals surface area contributed by atoms with Crippen LogP contribution < -0.4 is 5.32 Å². The van der Waals surface area contributed by atoms with Gasteiger partial charge in [-0.25, -0.2) is 0 Å². The van der Waals surface area contributed by atoms with Gasteiger partial charge in [-0.05, 0) is 44.2 Å². The van der Waals surface area contributed by atoms with Crippen molar-refractivity contribution in [2.75, 3.05) is 7.11 Å². The van der Waals surface area contributed by atoms with Gasteiger partial charge in [-0.15, -0.1) is 0 Å². The summed E-state index contributed by atoms with van der Waals surface area (Å²) in [5.74, 6) is 0.192. The van der Waals surface area contributed by atoms with Crippen LogP contribution >= 0.6 is 0 Å². The van der Waals surface area contributed by atoms with E-state index in [-0.39, 0.29) is 30.3 Å². The predicted octanol–water partition coefficient (Wildman–Crippen LogP) is 2.38. The lowest BCUT2D eigenvalue weighted by Crippen LogP contribution is -2.44. The smallest absolute Gasteiger partial charge is 0.241 e. The molecule has 0 bridgehead atoms. The van der Waals surface area contributed by atoms with Gasteiger partial charge in [-0.2, -0.15) is 0 Å². The van der Waals surface area contributed by atoms with Gasteiger partial charge in [0.1, 0.15) is 6.17 Å². The van der Waals surface area contributed by atoms with Crippen molar-refractivity contribution in [1.82, 2.24) is 10.2 Å². The summed E-state index contributed by atoms with van der Waals surface area (Å²) in [5.41, 5.74) is 2.41. The Balaban J connectivity index is 1.95. The molecule has 1 amide bonds. The fourth-order valence-corrected chi connectivity index (χ4v) is 3.73. The third kappa shape index (κ3) is 2.47. The first-order valence-electron chi connectivity index (χ1n) is 7.80. The van der Waals surface area contributed by atoms with Crippen LogP contribution in [0.15, 0.2) is 24.3 Å². The predicted molar refractivity (Wildman–Crippen MR) is 81.8 cm³/mol. The van der Waals surface area contributed by atoms with Crippen LogP contribution in [0.5, 0.6) is 0 Å². The first-order chi connectivity index (χ1) is 10.1. The van der Waals surface area contributed by atoms with Crippen molar-refractivity contribution >= 4 is 5.91 Å². The molecule has 4 heteroatoms. The molecule has 4 unspecified atom stereocenters. The number of aryl methyl sites for hydroxylation is 1. The van der Waals surface area contributed by atoms with Crippen LogP contribution in [0.3, 0.4) is 0 Å². The van der Waals surface area contributed by atoms with E-state index in [2.05, 4.69) is 24.4 Å². The highest BCUT2D eigenvalue weighted by molar-refractivity contribution is 5.84. The zero-order chi connectivity index (χ0) is 15.0. The van der Waals surface area contributed by atoms with Crippen LogP contribution in [0, 0.1) is 6.92 Å². The number of carbonyl (C=O) groups excluding carboxylic acids is 1. The molecule has 4 nitrogen and oxygen atoms in total. The number of rotatable bonds is 3. The van der Waals surface area contributed by atoms with Gasteiger partial charge in [0.25, 0.3) is 0 Å². The monoisotopic (exact) mass is 288 g/mol. The van der Waals surface area contributed by atoms with E-state index in [1.807, 2.05) is 24.0 Å². The number of hydrogen-bond donors (Lipinski definition) is 1. The van der Waals surface area contributed by atoms with Crippen molar-refractivity contribution in [2.24, 2.45) is 0 Å². The Hall–Kier alpha value is -1.39. The normalized spacial score (nSPS) is 32.9. The lowest BCUT2D eigenvalue weighted by atomic mass is 10.0. The average molecular weight is 288 g/mol. The zero-order valence-corrected chi connectivity index (χ0v) is 13.0. The Morgan fingerprint density at radius 1 is 1.29 bits per heavy atom. The van der Waals surface area contributed by atoms with E-state index in [0.717, 1.165) is 19.3 Å². The summed E-state index contributed by atoms with van der Waals surface area (Å²) >= 11 is 0. The molecular formula is C17H24N2O2. The molecule has 21 heavy (non-hydrogen) atoms. The van der Waals surface area contributed by atoms with E-state index in [4.69, 9.17) is 4.74 Å². The Morgan fingerprint density at radius 3 is 2.76 bits per heavy atom. The van der Waals surface area contributed by atoms with Crippen molar-refractivity contribution in [3.8, 4) is 0 Å². The maximum Gasteiger partial charge on any atom is 0.241 e. The van der Waals surface area contributed by atoms with E-state index >= 15 is 0 Å². The Morgan fingerprint density at radius 2 is 2.05 bits per heavy atom. The molecule has 114 valence electrons. The van der Waals surface area contributed by atoms with E-state index in [1.54, 1.807) is 7.11 Å². The average Bonchev–Trinajstić information content (AvgIpc) is 3.05. The first kappa shape index (κ1) is 14.5. The van der Waals surface area contributed by atoms with Gasteiger partial charge in [0.05, 0.1) is 18.2 Å². The van der Waals surface area contributed by atoms with Gasteiger partial charge in [0.2, 0.25) is 5.91 Å². The van der Waals surface area contributed by atoms with Crippen LogP contribution in [0.1, 0.15) is 43.5 Å². The number of nitrogens with zero attached hydrogens (tertiary/aromatic N) is 1. The number of hydrogen-bond acceptors (Lipinski definition) is 3. The first-order valence-corrected chi connectivity index (χ1v) is 7.80. The molecule has 2 fully saturated rings. The summed E-state index contributed by atoms with van der Waals surface area (Å²) in [7, 11) is 1.75. The number of benzene rings is 1. The van der Waals surface area contributed by atoms with E-state index < -0.39 is 0 Å². The largest absolute Gasteiger partial charge is 0.379 e. The van der Waals surface area contributed by atoms with Crippen molar-refractivity contribution in [2.45, 2.75) is 57.5 Å². The number of carbonyl (C=O) groups is 1. The number of methoxy groups -OCH3 is 1. The Kier molecular flexibility index (Phi) is 4.00. The molecule has 2 aliphatic rings. The van der Waals surface area contributed by atoms with E-state index in [0.29, 0.717) is 0 Å². The maximum absolute atomic E-state index is 12.7. The molecule has 1 saturated carbocycles. The second-order valence-corrected chi connectivity index (χ2v) is 6.17. The van der Waals surface area contributed by atoms with Gasteiger partial charge in [-0.3, -0.25) is 10.1 Å². The van der Waals surface area contributed by atoms with Gasteiger partial charge in [0.15, 0.2) is 0 Å². The minimum atomic E-state index is -0.132. The van der Waals surface area contributed by atoms with Crippen LogP contribution in [0.25, 0.3) is 0 Å². The Labute approximate surface area is 126 Å². The maximum atomic E-state index is 12.7.